The molecule has 0 saturated heterocycles. The molecule has 2 heteroatoms. The Morgan fingerprint density at radius 1 is 1.44 bits per heavy atom. The molecule has 0 bridgehead atoms. The van der Waals surface area contributed by atoms with Gasteiger partial charge in [-0.1, -0.05) is 43.2 Å². The van der Waals surface area contributed by atoms with Gasteiger partial charge in [0.15, 0.2) is 0 Å². The second kappa shape index (κ2) is 5.15. The molecule has 2 nitrogen and oxygen atoms in total. The van der Waals surface area contributed by atoms with Gasteiger partial charge in [0.2, 0.25) is 0 Å². The van der Waals surface area contributed by atoms with Gasteiger partial charge in [0.1, 0.15) is 0 Å². The standard InChI is InChI=1S/C14H20O2/c1-4-8-14(3,13(15)16)10-12-7-5-6-11(2)9-12/h5-7,9H,4,8,10H2,1-3H3,(H,15,16). The number of carboxylic acid groups (broad SMARTS) is 1. The number of aliphatic carboxylic acids is 1. The minimum Gasteiger partial charge on any atom is -0.481 e. The summed E-state index contributed by atoms with van der Waals surface area (Å²) in [7, 11) is 0. The number of benzene rings is 1. The van der Waals surface area contributed by atoms with Crippen LogP contribution >= 0.6 is 0 Å². The molecule has 1 aromatic rings. The predicted molar refractivity (Wildman–Crippen MR) is 65.5 cm³/mol. The van der Waals surface area contributed by atoms with Crippen LogP contribution in [0.25, 0.3) is 0 Å². The summed E-state index contributed by atoms with van der Waals surface area (Å²) in [6.45, 7) is 5.89. The van der Waals surface area contributed by atoms with Crippen molar-refractivity contribution in [1.82, 2.24) is 0 Å². The Hall–Kier alpha value is -1.31. The van der Waals surface area contributed by atoms with Gasteiger partial charge in [-0.3, -0.25) is 4.79 Å². The summed E-state index contributed by atoms with van der Waals surface area (Å²) < 4.78 is 0. The quantitative estimate of drug-likeness (QED) is 0.825. The number of carboxylic acids is 1. The zero-order valence-electron chi connectivity index (χ0n) is 10.3. The summed E-state index contributed by atoms with van der Waals surface area (Å²) in [6, 6.07) is 8.08. The maximum Gasteiger partial charge on any atom is 0.309 e. The summed E-state index contributed by atoms with van der Waals surface area (Å²) in [5.41, 5.74) is 1.66. The number of hydrogen-bond donors (Lipinski definition) is 1. The summed E-state index contributed by atoms with van der Waals surface area (Å²) in [5.74, 6) is -0.698. The Kier molecular flexibility index (Phi) is 4.11. The van der Waals surface area contributed by atoms with E-state index in [0.717, 1.165) is 18.4 Å². The van der Waals surface area contributed by atoms with Crippen LogP contribution in [0.4, 0.5) is 0 Å². The van der Waals surface area contributed by atoms with E-state index in [4.69, 9.17) is 0 Å². The molecule has 0 heterocycles. The van der Waals surface area contributed by atoms with Gasteiger partial charge in [0, 0.05) is 0 Å². The molecule has 0 aromatic heterocycles. The van der Waals surface area contributed by atoms with Gasteiger partial charge in [-0.25, -0.2) is 0 Å². The van der Waals surface area contributed by atoms with Crippen molar-refractivity contribution >= 4 is 5.97 Å². The molecule has 1 unspecified atom stereocenters. The third-order valence-corrected chi connectivity index (χ3v) is 2.99. The average Bonchev–Trinajstić information content (AvgIpc) is 2.17. The van der Waals surface area contributed by atoms with Crippen LogP contribution in [0.5, 0.6) is 0 Å². The van der Waals surface area contributed by atoms with Gasteiger partial charge >= 0.3 is 5.97 Å². The third kappa shape index (κ3) is 3.09. The topological polar surface area (TPSA) is 37.3 Å². The lowest BCUT2D eigenvalue weighted by molar-refractivity contribution is -0.148. The normalized spacial score (nSPS) is 14.4. The zero-order valence-corrected chi connectivity index (χ0v) is 10.3. The van der Waals surface area contributed by atoms with E-state index in [9.17, 15) is 9.90 Å². The first-order valence-electron chi connectivity index (χ1n) is 5.77. The van der Waals surface area contributed by atoms with Crippen LogP contribution in [0, 0.1) is 12.3 Å². The molecule has 0 amide bonds. The minimum atomic E-state index is -0.698. The third-order valence-electron chi connectivity index (χ3n) is 2.99. The molecule has 0 aliphatic heterocycles. The molecule has 0 aliphatic rings. The largest absolute Gasteiger partial charge is 0.481 e. The highest BCUT2D eigenvalue weighted by Crippen LogP contribution is 2.28. The van der Waals surface area contributed by atoms with Gasteiger partial charge < -0.3 is 5.11 Å². The zero-order chi connectivity index (χ0) is 12.2. The molecule has 88 valence electrons. The fourth-order valence-corrected chi connectivity index (χ4v) is 2.10. The molecular formula is C14H20O2. The van der Waals surface area contributed by atoms with Crippen molar-refractivity contribution in [2.45, 2.75) is 40.0 Å². The molecule has 0 fully saturated rings. The van der Waals surface area contributed by atoms with Crippen molar-refractivity contribution < 1.29 is 9.90 Å². The van der Waals surface area contributed by atoms with Crippen LogP contribution in [-0.4, -0.2) is 11.1 Å². The summed E-state index contributed by atoms with van der Waals surface area (Å²) >= 11 is 0. The van der Waals surface area contributed by atoms with E-state index in [1.807, 2.05) is 39.0 Å². The Labute approximate surface area is 97.3 Å². The molecule has 1 N–H and O–H groups in total. The van der Waals surface area contributed by atoms with Crippen molar-refractivity contribution in [3.05, 3.63) is 35.4 Å². The van der Waals surface area contributed by atoms with E-state index in [1.54, 1.807) is 0 Å². The maximum absolute atomic E-state index is 11.3. The van der Waals surface area contributed by atoms with Crippen molar-refractivity contribution in [3.8, 4) is 0 Å². The summed E-state index contributed by atoms with van der Waals surface area (Å²) in [5, 5.41) is 9.29. The van der Waals surface area contributed by atoms with E-state index in [0.29, 0.717) is 6.42 Å². The fourth-order valence-electron chi connectivity index (χ4n) is 2.10. The molecule has 1 aromatic carbocycles. The van der Waals surface area contributed by atoms with Gasteiger partial charge in [-0.05, 0) is 32.3 Å². The van der Waals surface area contributed by atoms with E-state index in [-0.39, 0.29) is 0 Å². The second-order valence-corrected chi connectivity index (χ2v) is 4.78. The highest BCUT2D eigenvalue weighted by molar-refractivity contribution is 5.74. The Bertz CT molecular complexity index is 371. The number of rotatable bonds is 5. The first-order valence-corrected chi connectivity index (χ1v) is 5.77. The van der Waals surface area contributed by atoms with Crippen LogP contribution in [0.3, 0.4) is 0 Å². The predicted octanol–water partition coefficient (Wildman–Crippen LogP) is 3.43. The highest BCUT2D eigenvalue weighted by atomic mass is 16.4. The van der Waals surface area contributed by atoms with Gasteiger partial charge in [-0.2, -0.15) is 0 Å². The monoisotopic (exact) mass is 220 g/mol. The van der Waals surface area contributed by atoms with Crippen molar-refractivity contribution in [2.75, 3.05) is 0 Å². The molecule has 0 radical (unpaired) electrons. The van der Waals surface area contributed by atoms with Crippen molar-refractivity contribution in [2.24, 2.45) is 5.41 Å². The molecule has 0 aliphatic carbocycles. The lowest BCUT2D eigenvalue weighted by Crippen LogP contribution is -2.29. The molecule has 0 saturated carbocycles. The lowest BCUT2D eigenvalue weighted by atomic mass is 9.79. The first kappa shape index (κ1) is 12.8. The number of aryl methyl sites for hydroxylation is 1. The van der Waals surface area contributed by atoms with E-state index in [2.05, 4.69) is 6.07 Å². The molecular weight excluding hydrogens is 200 g/mol. The smallest absolute Gasteiger partial charge is 0.309 e. The van der Waals surface area contributed by atoms with Crippen LogP contribution in [0.2, 0.25) is 0 Å². The maximum atomic E-state index is 11.3. The lowest BCUT2D eigenvalue weighted by Gasteiger charge is -2.24. The Morgan fingerprint density at radius 3 is 2.62 bits per heavy atom. The molecule has 1 rings (SSSR count). The number of carbonyl (C=O) groups is 1. The summed E-state index contributed by atoms with van der Waals surface area (Å²) in [6.07, 6.45) is 2.22. The Balaban J connectivity index is 2.87. The first-order chi connectivity index (χ1) is 7.48. The molecule has 1 atom stereocenters. The van der Waals surface area contributed by atoms with E-state index in [1.165, 1.54) is 5.56 Å². The average molecular weight is 220 g/mol. The van der Waals surface area contributed by atoms with Crippen molar-refractivity contribution in [3.63, 3.8) is 0 Å². The number of hydrogen-bond acceptors (Lipinski definition) is 1. The van der Waals surface area contributed by atoms with Crippen molar-refractivity contribution in [1.29, 1.82) is 0 Å². The van der Waals surface area contributed by atoms with Crippen LogP contribution in [0.1, 0.15) is 37.8 Å². The SMILES string of the molecule is CCCC(C)(Cc1cccc(C)c1)C(=O)O. The Morgan fingerprint density at radius 2 is 2.12 bits per heavy atom. The van der Waals surface area contributed by atoms with Gasteiger partial charge in [-0.15, -0.1) is 0 Å². The molecule has 0 spiro atoms. The van der Waals surface area contributed by atoms with Crippen LogP contribution in [0.15, 0.2) is 24.3 Å². The van der Waals surface area contributed by atoms with Gasteiger partial charge in [0.25, 0.3) is 0 Å². The molecule has 16 heavy (non-hydrogen) atoms. The van der Waals surface area contributed by atoms with Crippen LogP contribution in [-0.2, 0) is 11.2 Å². The van der Waals surface area contributed by atoms with E-state index < -0.39 is 11.4 Å². The van der Waals surface area contributed by atoms with E-state index >= 15 is 0 Å². The summed E-state index contributed by atoms with van der Waals surface area (Å²) in [4.78, 5) is 11.3. The second-order valence-electron chi connectivity index (χ2n) is 4.78. The highest BCUT2D eigenvalue weighted by Gasteiger charge is 2.32. The van der Waals surface area contributed by atoms with Crippen LogP contribution < -0.4 is 0 Å². The fraction of sp³-hybridized carbons (Fsp3) is 0.500. The van der Waals surface area contributed by atoms with Gasteiger partial charge in [0.05, 0.1) is 5.41 Å². The minimum absolute atomic E-state index is 0.609.